The fourth-order valence-corrected chi connectivity index (χ4v) is 3.56. The van der Waals surface area contributed by atoms with Crippen LogP contribution in [0, 0.1) is 0 Å². The van der Waals surface area contributed by atoms with Crippen molar-refractivity contribution in [1.29, 1.82) is 0 Å². The number of hydrogen-bond donors (Lipinski definition) is 1. The SMILES string of the molecule is CC1CC(c2ccsc2)CN1C(=O)C(=O)Nc1cccnc1. The first-order valence-electron chi connectivity index (χ1n) is 7.19. The Bertz CT molecular complexity index is 657. The number of nitrogens with zero attached hydrogens (tertiary/aromatic N) is 2. The fraction of sp³-hybridized carbons (Fsp3) is 0.312. The van der Waals surface area contributed by atoms with E-state index in [1.165, 1.54) is 11.8 Å². The number of carbonyl (C=O) groups excluding carboxylic acids is 2. The van der Waals surface area contributed by atoms with E-state index in [1.54, 1.807) is 34.6 Å². The molecule has 114 valence electrons. The highest BCUT2D eigenvalue weighted by atomic mass is 32.1. The second-order valence-electron chi connectivity index (χ2n) is 5.49. The smallest absolute Gasteiger partial charge is 0.313 e. The normalized spacial score (nSPS) is 20.9. The van der Waals surface area contributed by atoms with Crippen molar-refractivity contribution in [3.63, 3.8) is 0 Å². The maximum absolute atomic E-state index is 12.4. The third kappa shape index (κ3) is 3.01. The Morgan fingerprint density at radius 1 is 1.41 bits per heavy atom. The standard InChI is InChI=1S/C16H17N3O2S/c1-11-7-13(12-4-6-22-10-12)9-19(11)16(21)15(20)18-14-3-2-5-17-8-14/h2-6,8,10-11,13H,7,9H2,1H3,(H,18,20). The first kappa shape index (κ1) is 14.7. The Hall–Kier alpha value is -2.21. The Balaban J connectivity index is 1.66. The number of aromatic nitrogens is 1. The molecule has 1 saturated heterocycles. The minimum absolute atomic E-state index is 0.0667. The molecule has 2 atom stereocenters. The van der Waals surface area contributed by atoms with E-state index in [-0.39, 0.29) is 6.04 Å². The van der Waals surface area contributed by atoms with Crippen molar-refractivity contribution in [2.75, 3.05) is 11.9 Å². The Morgan fingerprint density at radius 3 is 2.95 bits per heavy atom. The molecule has 0 radical (unpaired) electrons. The molecule has 2 aromatic rings. The maximum atomic E-state index is 12.4. The van der Waals surface area contributed by atoms with Crippen molar-refractivity contribution >= 4 is 28.8 Å². The van der Waals surface area contributed by atoms with E-state index in [9.17, 15) is 9.59 Å². The average Bonchev–Trinajstić information content (AvgIpc) is 3.16. The monoisotopic (exact) mass is 315 g/mol. The van der Waals surface area contributed by atoms with Crippen molar-refractivity contribution < 1.29 is 9.59 Å². The number of hydrogen-bond acceptors (Lipinski definition) is 4. The Labute approximate surface area is 133 Å². The molecule has 0 aromatic carbocycles. The number of nitrogens with one attached hydrogen (secondary N) is 1. The van der Waals surface area contributed by atoms with E-state index in [2.05, 4.69) is 21.7 Å². The minimum Gasteiger partial charge on any atom is -0.331 e. The summed E-state index contributed by atoms with van der Waals surface area (Å²) in [6.45, 7) is 2.58. The van der Waals surface area contributed by atoms with E-state index in [4.69, 9.17) is 0 Å². The predicted molar refractivity (Wildman–Crippen MR) is 85.7 cm³/mol. The topological polar surface area (TPSA) is 62.3 Å². The lowest BCUT2D eigenvalue weighted by Crippen LogP contribution is -2.41. The van der Waals surface area contributed by atoms with Gasteiger partial charge in [-0.2, -0.15) is 11.3 Å². The molecule has 2 amide bonds. The van der Waals surface area contributed by atoms with Crippen LogP contribution in [0.1, 0.15) is 24.8 Å². The van der Waals surface area contributed by atoms with Crippen LogP contribution in [0.25, 0.3) is 0 Å². The van der Waals surface area contributed by atoms with Gasteiger partial charge in [-0.1, -0.05) is 0 Å². The largest absolute Gasteiger partial charge is 0.331 e. The number of amides is 2. The third-order valence-electron chi connectivity index (χ3n) is 3.96. The zero-order chi connectivity index (χ0) is 15.5. The first-order chi connectivity index (χ1) is 10.6. The van der Waals surface area contributed by atoms with Crippen molar-refractivity contribution in [3.05, 3.63) is 46.9 Å². The molecule has 3 rings (SSSR count). The fourth-order valence-electron chi connectivity index (χ4n) is 2.81. The molecule has 1 N–H and O–H groups in total. The molecular formula is C16H17N3O2S. The number of anilines is 1. The lowest BCUT2D eigenvalue weighted by molar-refractivity contribution is -0.143. The van der Waals surface area contributed by atoms with Crippen LogP contribution in [0.4, 0.5) is 5.69 Å². The van der Waals surface area contributed by atoms with Gasteiger partial charge in [0.15, 0.2) is 0 Å². The average molecular weight is 315 g/mol. The summed E-state index contributed by atoms with van der Waals surface area (Å²) in [5.41, 5.74) is 1.78. The van der Waals surface area contributed by atoms with Crippen LogP contribution in [0.15, 0.2) is 41.4 Å². The molecule has 2 aromatic heterocycles. The lowest BCUT2D eigenvalue weighted by Gasteiger charge is -2.20. The van der Waals surface area contributed by atoms with Crippen LogP contribution in [-0.4, -0.2) is 34.3 Å². The molecule has 1 aliphatic rings. The Kier molecular flexibility index (Phi) is 4.20. The summed E-state index contributed by atoms with van der Waals surface area (Å²) in [6.07, 6.45) is 4.03. The summed E-state index contributed by atoms with van der Waals surface area (Å²) >= 11 is 1.66. The van der Waals surface area contributed by atoms with Crippen LogP contribution in [0.3, 0.4) is 0 Å². The number of thiophene rings is 1. The Morgan fingerprint density at radius 2 is 2.27 bits per heavy atom. The van der Waals surface area contributed by atoms with Gasteiger partial charge in [-0.15, -0.1) is 0 Å². The number of likely N-dealkylation sites (tertiary alicyclic amines) is 1. The molecule has 0 spiro atoms. The summed E-state index contributed by atoms with van der Waals surface area (Å²) in [7, 11) is 0. The zero-order valence-corrected chi connectivity index (χ0v) is 13.0. The van der Waals surface area contributed by atoms with Gasteiger partial charge in [0.1, 0.15) is 0 Å². The van der Waals surface area contributed by atoms with Gasteiger partial charge in [0.2, 0.25) is 0 Å². The van der Waals surface area contributed by atoms with Crippen LogP contribution >= 0.6 is 11.3 Å². The first-order valence-corrected chi connectivity index (χ1v) is 8.13. The van der Waals surface area contributed by atoms with Crippen molar-refractivity contribution in [3.8, 4) is 0 Å². The van der Waals surface area contributed by atoms with E-state index >= 15 is 0 Å². The second kappa shape index (κ2) is 6.27. The molecule has 0 bridgehead atoms. The molecule has 6 heteroatoms. The van der Waals surface area contributed by atoms with Gasteiger partial charge in [0.05, 0.1) is 11.9 Å². The molecule has 1 fully saturated rings. The van der Waals surface area contributed by atoms with Crippen LogP contribution < -0.4 is 5.32 Å². The highest BCUT2D eigenvalue weighted by Crippen LogP contribution is 2.32. The zero-order valence-electron chi connectivity index (χ0n) is 12.2. The van der Waals surface area contributed by atoms with Crippen LogP contribution in [0.2, 0.25) is 0 Å². The summed E-state index contributed by atoms with van der Waals surface area (Å²) in [5.74, 6) is -0.767. The van der Waals surface area contributed by atoms with Crippen molar-refractivity contribution in [2.45, 2.75) is 25.3 Å². The molecule has 1 aliphatic heterocycles. The highest BCUT2D eigenvalue weighted by Gasteiger charge is 2.36. The van der Waals surface area contributed by atoms with E-state index < -0.39 is 11.8 Å². The summed E-state index contributed by atoms with van der Waals surface area (Å²) < 4.78 is 0. The molecular weight excluding hydrogens is 298 g/mol. The van der Waals surface area contributed by atoms with E-state index in [0.717, 1.165) is 6.42 Å². The van der Waals surface area contributed by atoms with Gasteiger partial charge in [0, 0.05) is 24.7 Å². The molecule has 0 saturated carbocycles. The van der Waals surface area contributed by atoms with E-state index in [0.29, 0.717) is 18.2 Å². The quantitative estimate of drug-likeness (QED) is 0.866. The summed E-state index contributed by atoms with van der Waals surface area (Å²) in [6, 6.07) is 5.58. The molecule has 22 heavy (non-hydrogen) atoms. The van der Waals surface area contributed by atoms with Crippen molar-refractivity contribution in [2.24, 2.45) is 0 Å². The highest BCUT2D eigenvalue weighted by molar-refractivity contribution is 7.08. The summed E-state index contributed by atoms with van der Waals surface area (Å²) in [4.78, 5) is 30.1. The van der Waals surface area contributed by atoms with Gasteiger partial charge in [-0.3, -0.25) is 14.6 Å². The van der Waals surface area contributed by atoms with Gasteiger partial charge < -0.3 is 10.2 Å². The lowest BCUT2D eigenvalue weighted by atomic mass is 10.00. The predicted octanol–water partition coefficient (Wildman–Crippen LogP) is 2.49. The molecule has 0 aliphatic carbocycles. The second-order valence-corrected chi connectivity index (χ2v) is 6.27. The third-order valence-corrected chi connectivity index (χ3v) is 4.67. The van der Waals surface area contributed by atoms with Crippen LogP contribution in [0.5, 0.6) is 0 Å². The maximum Gasteiger partial charge on any atom is 0.313 e. The minimum atomic E-state index is -0.606. The van der Waals surface area contributed by atoms with E-state index in [1.807, 2.05) is 12.3 Å². The molecule has 3 heterocycles. The number of pyridine rings is 1. The van der Waals surface area contributed by atoms with Gasteiger partial charge in [-0.05, 0) is 47.9 Å². The van der Waals surface area contributed by atoms with Crippen molar-refractivity contribution in [1.82, 2.24) is 9.88 Å². The van der Waals surface area contributed by atoms with Crippen LogP contribution in [-0.2, 0) is 9.59 Å². The van der Waals surface area contributed by atoms with Gasteiger partial charge in [-0.25, -0.2) is 0 Å². The van der Waals surface area contributed by atoms with Gasteiger partial charge in [0.25, 0.3) is 0 Å². The molecule has 2 unspecified atom stereocenters. The molecule has 5 nitrogen and oxygen atoms in total. The number of carbonyl (C=O) groups is 2. The number of rotatable bonds is 2. The summed E-state index contributed by atoms with van der Waals surface area (Å²) in [5, 5.41) is 6.75. The van der Waals surface area contributed by atoms with Gasteiger partial charge >= 0.3 is 11.8 Å².